The molecule has 3 heteroatoms. The van der Waals surface area contributed by atoms with Crippen molar-refractivity contribution in [1.82, 2.24) is 9.55 Å². The highest BCUT2D eigenvalue weighted by molar-refractivity contribution is 5.77. The number of hydrogen-bond acceptors (Lipinski definition) is 2. The molecular weight excluding hydrogens is 258 g/mol. The maximum atomic E-state index is 6.84. The van der Waals surface area contributed by atoms with Crippen molar-refractivity contribution in [3.05, 3.63) is 29.6 Å². The van der Waals surface area contributed by atoms with Crippen molar-refractivity contribution in [2.24, 2.45) is 5.73 Å². The second-order valence-corrected chi connectivity index (χ2v) is 6.96. The molecule has 1 heterocycles. The molecule has 2 N–H and O–H groups in total. The lowest BCUT2D eigenvalue weighted by atomic mass is 9.90. The van der Waals surface area contributed by atoms with Gasteiger partial charge in [0.15, 0.2) is 0 Å². The summed E-state index contributed by atoms with van der Waals surface area (Å²) < 4.78 is 2.36. The molecule has 0 saturated heterocycles. The van der Waals surface area contributed by atoms with Crippen LogP contribution in [-0.2, 0) is 5.54 Å². The fourth-order valence-corrected chi connectivity index (χ4v) is 3.67. The SMILES string of the molecule is Cc1ccc2c(c1)nc(C1(N)CCCCCC1)n2C(C)C. The van der Waals surface area contributed by atoms with Crippen molar-refractivity contribution in [2.75, 3.05) is 0 Å². The van der Waals surface area contributed by atoms with Crippen LogP contribution in [0.25, 0.3) is 11.0 Å². The van der Waals surface area contributed by atoms with E-state index in [2.05, 4.69) is 43.5 Å². The Kier molecular flexibility index (Phi) is 3.78. The lowest BCUT2D eigenvalue weighted by Crippen LogP contribution is -2.39. The standard InChI is InChI=1S/C18H27N3/c1-13(2)21-16-9-8-14(3)12-15(16)20-17(21)18(19)10-6-4-5-7-11-18/h8-9,12-13H,4-7,10-11,19H2,1-3H3. The van der Waals surface area contributed by atoms with Gasteiger partial charge in [0.25, 0.3) is 0 Å². The van der Waals surface area contributed by atoms with Crippen LogP contribution in [0.15, 0.2) is 18.2 Å². The molecule has 21 heavy (non-hydrogen) atoms. The summed E-state index contributed by atoms with van der Waals surface area (Å²) in [7, 11) is 0. The van der Waals surface area contributed by atoms with Gasteiger partial charge < -0.3 is 10.3 Å². The Labute approximate surface area is 127 Å². The summed E-state index contributed by atoms with van der Waals surface area (Å²) in [5, 5.41) is 0. The summed E-state index contributed by atoms with van der Waals surface area (Å²) in [6, 6.07) is 6.93. The lowest BCUT2D eigenvalue weighted by molar-refractivity contribution is 0.342. The number of nitrogens with two attached hydrogens (primary N) is 1. The minimum Gasteiger partial charge on any atom is -0.324 e. The molecule has 1 aliphatic rings. The minimum absolute atomic E-state index is 0.256. The van der Waals surface area contributed by atoms with Gasteiger partial charge >= 0.3 is 0 Å². The van der Waals surface area contributed by atoms with Crippen LogP contribution in [-0.4, -0.2) is 9.55 Å². The van der Waals surface area contributed by atoms with E-state index in [-0.39, 0.29) is 5.54 Å². The van der Waals surface area contributed by atoms with E-state index in [1.807, 2.05) is 0 Å². The normalized spacial score (nSPS) is 19.1. The highest BCUT2D eigenvalue weighted by Crippen LogP contribution is 2.36. The molecular formula is C18H27N3. The first kappa shape index (κ1) is 14.6. The van der Waals surface area contributed by atoms with Gasteiger partial charge in [-0.15, -0.1) is 0 Å². The van der Waals surface area contributed by atoms with Crippen molar-refractivity contribution in [3.8, 4) is 0 Å². The summed E-state index contributed by atoms with van der Waals surface area (Å²) in [6.45, 7) is 6.58. The van der Waals surface area contributed by atoms with E-state index in [9.17, 15) is 0 Å². The van der Waals surface area contributed by atoms with Crippen molar-refractivity contribution in [2.45, 2.75) is 70.9 Å². The summed E-state index contributed by atoms with van der Waals surface area (Å²) in [4.78, 5) is 4.97. The maximum absolute atomic E-state index is 6.84. The molecule has 1 aromatic carbocycles. The van der Waals surface area contributed by atoms with E-state index in [0.29, 0.717) is 6.04 Å². The second-order valence-electron chi connectivity index (χ2n) is 6.96. The molecule has 3 nitrogen and oxygen atoms in total. The zero-order valence-electron chi connectivity index (χ0n) is 13.5. The molecule has 114 valence electrons. The molecule has 1 fully saturated rings. The Morgan fingerprint density at radius 3 is 2.43 bits per heavy atom. The first-order valence-corrected chi connectivity index (χ1v) is 8.29. The molecule has 0 amide bonds. The van der Waals surface area contributed by atoms with Gasteiger partial charge in [-0.2, -0.15) is 0 Å². The number of aryl methyl sites for hydroxylation is 1. The highest BCUT2D eigenvalue weighted by atomic mass is 15.1. The third kappa shape index (κ3) is 2.59. The minimum atomic E-state index is -0.256. The van der Waals surface area contributed by atoms with Crippen LogP contribution in [0.5, 0.6) is 0 Å². The van der Waals surface area contributed by atoms with Gasteiger partial charge in [0.05, 0.1) is 16.6 Å². The molecule has 1 aromatic heterocycles. The lowest BCUT2D eigenvalue weighted by Gasteiger charge is -2.29. The van der Waals surface area contributed by atoms with Crippen molar-refractivity contribution in [3.63, 3.8) is 0 Å². The molecule has 0 atom stereocenters. The Morgan fingerprint density at radius 2 is 1.81 bits per heavy atom. The molecule has 0 unspecified atom stereocenters. The average Bonchev–Trinajstić information content (AvgIpc) is 2.68. The zero-order chi connectivity index (χ0) is 15.0. The van der Waals surface area contributed by atoms with Crippen LogP contribution in [0.2, 0.25) is 0 Å². The summed E-state index contributed by atoms with van der Waals surface area (Å²) in [5.41, 5.74) is 10.2. The third-order valence-electron chi connectivity index (χ3n) is 4.80. The third-order valence-corrected chi connectivity index (χ3v) is 4.80. The number of fused-ring (bicyclic) bond motifs is 1. The van der Waals surface area contributed by atoms with E-state index in [1.165, 1.54) is 36.8 Å². The second kappa shape index (κ2) is 5.45. The molecule has 1 saturated carbocycles. The van der Waals surface area contributed by atoms with Crippen molar-refractivity contribution in [1.29, 1.82) is 0 Å². The van der Waals surface area contributed by atoms with E-state index in [4.69, 9.17) is 10.7 Å². The Bertz CT molecular complexity index is 631. The Balaban J connectivity index is 2.18. The topological polar surface area (TPSA) is 43.8 Å². The predicted octanol–water partition coefficient (Wildman–Crippen LogP) is 4.43. The van der Waals surface area contributed by atoms with Crippen LogP contribution in [0.3, 0.4) is 0 Å². The van der Waals surface area contributed by atoms with Gasteiger partial charge in [-0.05, 0) is 51.3 Å². The van der Waals surface area contributed by atoms with Crippen LogP contribution in [0, 0.1) is 6.92 Å². The highest BCUT2D eigenvalue weighted by Gasteiger charge is 2.34. The van der Waals surface area contributed by atoms with Crippen LogP contribution in [0.4, 0.5) is 0 Å². The van der Waals surface area contributed by atoms with Gasteiger partial charge in [0, 0.05) is 6.04 Å². The fourth-order valence-electron chi connectivity index (χ4n) is 3.67. The number of hydrogen-bond donors (Lipinski definition) is 1. The summed E-state index contributed by atoms with van der Waals surface area (Å²) >= 11 is 0. The first-order valence-electron chi connectivity index (χ1n) is 8.29. The smallest absolute Gasteiger partial charge is 0.130 e. The maximum Gasteiger partial charge on any atom is 0.130 e. The molecule has 3 rings (SSSR count). The zero-order valence-corrected chi connectivity index (χ0v) is 13.5. The van der Waals surface area contributed by atoms with Crippen molar-refractivity contribution >= 4 is 11.0 Å². The molecule has 1 aliphatic carbocycles. The summed E-state index contributed by atoms with van der Waals surface area (Å²) in [5.74, 6) is 1.10. The van der Waals surface area contributed by atoms with E-state index in [0.717, 1.165) is 24.2 Å². The van der Waals surface area contributed by atoms with Crippen LogP contribution >= 0.6 is 0 Å². The fraction of sp³-hybridized carbons (Fsp3) is 0.611. The molecule has 2 aromatic rings. The average molecular weight is 285 g/mol. The quantitative estimate of drug-likeness (QED) is 0.829. The van der Waals surface area contributed by atoms with Crippen molar-refractivity contribution < 1.29 is 0 Å². The van der Waals surface area contributed by atoms with Crippen LogP contribution < -0.4 is 5.73 Å². The number of rotatable bonds is 2. The molecule has 0 spiro atoms. The van der Waals surface area contributed by atoms with Gasteiger partial charge in [0.1, 0.15) is 5.82 Å². The largest absolute Gasteiger partial charge is 0.324 e. The first-order chi connectivity index (χ1) is 10.0. The molecule has 0 aliphatic heterocycles. The Hall–Kier alpha value is -1.35. The predicted molar refractivity (Wildman–Crippen MR) is 88.4 cm³/mol. The molecule has 0 radical (unpaired) electrons. The van der Waals surface area contributed by atoms with E-state index in [1.54, 1.807) is 0 Å². The van der Waals surface area contributed by atoms with Gasteiger partial charge in [-0.3, -0.25) is 0 Å². The van der Waals surface area contributed by atoms with Crippen LogP contribution in [0.1, 0.15) is 69.8 Å². The van der Waals surface area contributed by atoms with Gasteiger partial charge in [-0.25, -0.2) is 4.98 Å². The van der Waals surface area contributed by atoms with E-state index < -0.39 is 0 Å². The van der Waals surface area contributed by atoms with Gasteiger partial charge in [0.2, 0.25) is 0 Å². The Morgan fingerprint density at radius 1 is 1.14 bits per heavy atom. The molecule has 0 bridgehead atoms. The van der Waals surface area contributed by atoms with Gasteiger partial charge in [-0.1, -0.05) is 31.7 Å². The van der Waals surface area contributed by atoms with E-state index >= 15 is 0 Å². The number of imidazole rings is 1. The number of aromatic nitrogens is 2. The monoisotopic (exact) mass is 285 g/mol. The number of nitrogens with zero attached hydrogens (tertiary/aromatic N) is 2. The number of benzene rings is 1. The summed E-state index contributed by atoms with van der Waals surface area (Å²) in [6.07, 6.45) is 7.16.